The Hall–Kier alpha value is -2.76. The van der Waals surface area contributed by atoms with E-state index in [9.17, 15) is 4.79 Å². The number of nitrogens with zero attached hydrogens (tertiary/aromatic N) is 2. The number of hydrogen-bond acceptors (Lipinski definition) is 4. The van der Waals surface area contributed by atoms with Crippen molar-refractivity contribution in [2.24, 2.45) is 0 Å². The predicted octanol–water partition coefficient (Wildman–Crippen LogP) is 4.21. The molecule has 1 aliphatic carbocycles. The van der Waals surface area contributed by atoms with Gasteiger partial charge in [-0.2, -0.15) is 5.10 Å². The number of anilines is 1. The molecule has 1 aromatic carbocycles. The van der Waals surface area contributed by atoms with Gasteiger partial charge in [-0.3, -0.25) is 4.79 Å². The molecule has 0 saturated heterocycles. The molecule has 1 heterocycles. The van der Waals surface area contributed by atoms with Crippen LogP contribution in [0.2, 0.25) is 0 Å². The second kappa shape index (κ2) is 8.56. The van der Waals surface area contributed by atoms with E-state index in [0.717, 1.165) is 18.7 Å². The molecule has 0 bridgehead atoms. The van der Waals surface area contributed by atoms with Crippen LogP contribution in [0.15, 0.2) is 43.1 Å². The molecule has 1 saturated carbocycles. The third kappa shape index (κ3) is 4.07. The molecule has 6 nitrogen and oxygen atoms in total. The summed E-state index contributed by atoms with van der Waals surface area (Å²) in [6.45, 7) is 4.00. The minimum absolute atomic E-state index is 0.198. The molecule has 1 aliphatic rings. The van der Waals surface area contributed by atoms with Crippen molar-refractivity contribution in [2.75, 3.05) is 19.0 Å². The van der Waals surface area contributed by atoms with E-state index in [1.54, 1.807) is 37.6 Å². The number of hydrogen-bond donors (Lipinski definition) is 1. The van der Waals surface area contributed by atoms with Crippen LogP contribution in [0.25, 0.3) is 0 Å². The number of aromatic nitrogens is 2. The topological polar surface area (TPSA) is 65.4 Å². The van der Waals surface area contributed by atoms with Crippen LogP contribution in [0.5, 0.6) is 11.5 Å². The first-order valence-corrected chi connectivity index (χ1v) is 8.99. The lowest BCUT2D eigenvalue weighted by molar-refractivity contribution is 0.102. The first kappa shape index (κ1) is 18.0. The molecule has 6 heteroatoms. The van der Waals surface area contributed by atoms with Gasteiger partial charge in [0.05, 0.1) is 19.3 Å². The highest BCUT2D eigenvalue weighted by Crippen LogP contribution is 2.31. The molecule has 0 atom stereocenters. The van der Waals surface area contributed by atoms with Gasteiger partial charge in [0.25, 0.3) is 5.91 Å². The molecule has 0 radical (unpaired) electrons. The fourth-order valence-corrected chi connectivity index (χ4v) is 3.30. The van der Waals surface area contributed by atoms with Crippen molar-refractivity contribution in [1.29, 1.82) is 0 Å². The van der Waals surface area contributed by atoms with Gasteiger partial charge in [0, 0.05) is 11.6 Å². The average Bonchev–Trinajstić information content (AvgIpc) is 3.15. The van der Waals surface area contributed by atoms with E-state index < -0.39 is 0 Å². The highest BCUT2D eigenvalue weighted by atomic mass is 16.5. The number of amides is 1. The molecule has 26 heavy (non-hydrogen) atoms. The molecule has 1 fully saturated rings. The van der Waals surface area contributed by atoms with E-state index in [1.807, 2.05) is 10.7 Å². The maximum atomic E-state index is 12.7. The van der Waals surface area contributed by atoms with Crippen molar-refractivity contribution >= 4 is 11.7 Å². The summed E-state index contributed by atoms with van der Waals surface area (Å²) in [5.74, 6) is 1.63. The number of benzene rings is 1. The molecular weight excluding hydrogens is 330 g/mol. The molecule has 138 valence electrons. The lowest BCUT2D eigenvalue weighted by atomic mass is 9.96. The number of ether oxygens (including phenoxy) is 2. The summed E-state index contributed by atoms with van der Waals surface area (Å²) in [6, 6.07) is 7.33. The second-order valence-corrected chi connectivity index (χ2v) is 6.37. The smallest absolute Gasteiger partial charge is 0.256 e. The first-order chi connectivity index (χ1) is 12.7. The lowest BCUT2D eigenvalue weighted by Gasteiger charge is -2.24. The second-order valence-electron chi connectivity index (χ2n) is 6.37. The summed E-state index contributed by atoms with van der Waals surface area (Å²) in [6.07, 6.45) is 9.30. The summed E-state index contributed by atoms with van der Waals surface area (Å²) < 4.78 is 12.8. The van der Waals surface area contributed by atoms with Crippen LogP contribution in [0, 0.1) is 0 Å². The Balaban J connectivity index is 1.74. The normalized spacial score (nSPS) is 14.7. The largest absolute Gasteiger partial charge is 0.493 e. The molecule has 1 aromatic heterocycles. The zero-order valence-electron chi connectivity index (χ0n) is 15.1. The molecule has 1 amide bonds. The highest BCUT2D eigenvalue weighted by molar-refractivity contribution is 6.04. The Morgan fingerprint density at radius 3 is 2.85 bits per heavy atom. The van der Waals surface area contributed by atoms with E-state index in [1.165, 1.54) is 19.3 Å². The summed E-state index contributed by atoms with van der Waals surface area (Å²) in [4.78, 5) is 12.7. The molecule has 0 unspecified atom stereocenters. The van der Waals surface area contributed by atoms with Gasteiger partial charge < -0.3 is 14.8 Å². The van der Waals surface area contributed by atoms with Gasteiger partial charge >= 0.3 is 0 Å². The van der Waals surface area contributed by atoms with E-state index in [0.29, 0.717) is 29.7 Å². The van der Waals surface area contributed by atoms with E-state index in [4.69, 9.17) is 9.47 Å². The van der Waals surface area contributed by atoms with Gasteiger partial charge in [0.1, 0.15) is 12.4 Å². The van der Waals surface area contributed by atoms with Crippen LogP contribution in [0.1, 0.15) is 48.5 Å². The fourth-order valence-electron chi connectivity index (χ4n) is 3.30. The van der Waals surface area contributed by atoms with Crippen molar-refractivity contribution in [3.8, 4) is 11.5 Å². The summed E-state index contributed by atoms with van der Waals surface area (Å²) in [7, 11) is 1.55. The van der Waals surface area contributed by atoms with Crippen molar-refractivity contribution in [2.45, 2.75) is 38.1 Å². The van der Waals surface area contributed by atoms with Crippen LogP contribution in [0.3, 0.4) is 0 Å². The maximum Gasteiger partial charge on any atom is 0.256 e. The number of carbonyl (C=O) groups is 1. The number of methoxy groups -OCH3 is 1. The standard InChI is InChI=1S/C20H25N3O3/c1-3-13-26-17-10-9-15(14-18(17)25-2)20(24)22-19-11-12-21-23(19)16-7-5-4-6-8-16/h3,9-12,14,16H,1,4-8,13H2,2H3,(H,22,24). The Bertz CT molecular complexity index is 763. The van der Waals surface area contributed by atoms with Gasteiger partial charge in [0.15, 0.2) is 11.5 Å². The molecule has 1 N–H and O–H groups in total. The minimum Gasteiger partial charge on any atom is -0.493 e. The third-order valence-electron chi connectivity index (χ3n) is 4.61. The van der Waals surface area contributed by atoms with Crippen molar-refractivity contribution in [1.82, 2.24) is 9.78 Å². The van der Waals surface area contributed by atoms with Gasteiger partial charge in [-0.1, -0.05) is 31.9 Å². The fraction of sp³-hybridized carbons (Fsp3) is 0.400. The molecule has 0 aliphatic heterocycles. The van der Waals surface area contributed by atoms with Gasteiger partial charge in [-0.05, 0) is 31.0 Å². The molecule has 3 rings (SSSR count). The summed E-state index contributed by atoms with van der Waals surface area (Å²) >= 11 is 0. The Morgan fingerprint density at radius 1 is 1.31 bits per heavy atom. The number of nitrogens with one attached hydrogen (secondary N) is 1. The number of rotatable bonds is 7. The van der Waals surface area contributed by atoms with Crippen LogP contribution < -0.4 is 14.8 Å². The SMILES string of the molecule is C=CCOc1ccc(C(=O)Nc2ccnn2C2CCCCC2)cc1OC. The Morgan fingerprint density at radius 2 is 2.12 bits per heavy atom. The van der Waals surface area contributed by atoms with Gasteiger partial charge in [-0.25, -0.2) is 4.68 Å². The predicted molar refractivity (Wildman–Crippen MR) is 101 cm³/mol. The van der Waals surface area contributed by atoms with Crippen molar-refractivity contribution < 1.29 is 14.3 Å². The lowest BCUT2D eigenvalue weighted by Crippen LogP contribution is -2.20. The van der Waals surface area contributed by atoms with Crippen molar-refractivity contribution in [3.63, 3.8) is 0 Å². The average molecular weight is 355 g/mol. The zero-order chi connectivity index (χ0) is 18.4. The Labute approximate surface area is 153 Å². The monoisotopic (exact) mass is 355 g/mol. The third-order valence-corrected chi connectivity index (χ3v) is 4.61. The zero-order valence-corrected chi connectivity index (χ0v) is 15.1. The van der Waals surface area contributed by atoms with Crippen LogP contribution >= 0.6 is 0 Å². The molecule has 2 aromatic rings. The maximum absolute atomic E-state index is 12.7. The first-order valence-electron chi connectivity index (χ1n) is 8.99. The van der Waals surface area contributed by atoms with Crippen molar-refractivity contribution in [3.05, 3.63) is 48.7 Å². The highest BCUT2D eigenvalue weighted by Gasteiger charge is 2.20. The van der Waals surface area contributed by atoms with E-state index in [-0.39, 0.29) is 5.91 Å². The quantitative estimate of drug-likeness (QED) is 0.756. The van der Waals surface area contributed by atoms with Crippen LogP contribution in [-0.4, -0.2) is 29.4 Å². The summed E-state index contributed by atoms with van der Waals surface area (Å²) in [5, 5.41) is 7.38. The molecule has 0 spiro atoms. The van der Waals surface area contributed by atoms with Crippen LogP contribution in [0.4, 0.5) is 5.82 Å². The Kier molecular flexibility index (Phi) is 5.94. The minimum atomic E-state index is -0.198. The molecular formula is C20H25N3O3. The van der Waals surface area contributed by atoms with Crippen LogP contribution in [-0.2, 0) is 0 Å². The van der Waals surface area contributed by atoms with E-state index in [2.05, 4.69) is 17.0 Å². The van der Waals surface area contributed by atoms with E-state index >= 15 is 0 Å². The summed E-state index contributed by atoms with van der Waals surface area (Å²) in [5.41, 5.74) is 0.504. The van der Waals surface area contributed by atoms with Gasteiger partial charge in [0.2, 0.25) is 0 Å². The number of carbonyl (C=O) groups excluding carboxylic acids is 1. The van der Waals surface area contributed by atoms with Gasteiger partial charge in [-0.15, -0.1) is 0 Å².